The Bertz CT molecular complexity index is 587. The molecule has 0 aromatic heterocycles. The molecule has 2 rings (SSSR count). The van der Waals surface area contributed by atoms with Crippen LogP contribution >= 0.6 is 11.8 Å². The molecule has 2 aliphatic rings. The lowest BCUT2D eigenvalue weighted by atomic mass is 9.97. The predicted molar refractivity (Wildman–Crippen MR) is 97.9 cm³/mol. The number of rotatable bonds is 3. The van der Waals surface area contributed by atoms with Crippen LogP contribution < -0.4 is 0 Å². The van der Waals surface area contributed by atoms with Crippen molar-refractivity contribution in [2.75, 3.05) is 12.3 Å². The van der Waals surface area contributed by atoms with E-state index in [1.165, 1.54) is 16.9 Å². The van der Waals surface area contributed by atoms with Gasteiger partial charge in [0.25, 0.3) is 0 Å². The van der Waals surface area contributed by atoms with E-state index in [9.17, 15) is 19.2 Å². The minimum Gasteiger partial charge on any atom is -0.458 e. The van der Waals surface area contributed by atoms with Crippen LogP contribution in [0.5, 0.6) is 0 Å². The summed E-state index contributed by atoms with van der Waals surface area (Å²) in [5, 5.41) is 2.70. The van der Waals surface area contributed by atoms with Gasteiger partial charge in [-0.3, -0.25) is 19.4 Å². The highest BCUT2D eigenvalue weighted by molar-refractivity contribution is 8.13. The molecule has 0 N–H and O–H groups in total. The molecule has 0 bridgehead atoms. The van der Waals surface area contributed by atoms with Gasteiger partial charge in [0.15, 0.2) is 11.2 Å². The Morgan fingerprint density at radius 1 is 1.19 bits per heavy atom. The molecule has 7 nitrogen and oxygen atoms in total. The van der Waals surface area contributed by atoms with E-state index in [0.29, 0.717) is 44.4 Å². The summed E-state index contributed by atoms with van der Waals surface area (Å²) in [6.45, 7) is 7.23. The number of thioether (sulfide) groups is 1. The molecular formula is C18H28N2O5S. The van der Waals surface area contributed by atoms with Crippen molar-refractivity contribution in [2.24, 2.45) is 5.92 Å². The lowest BCUT2D eigenvalue weighted by Gasteiger charge is -2.45. The normalized spacial score (nSPS) is 24.6. The average Bonchev–Trinajstić information content (AvgIpc) is 2.53. The van der Waals surface area contributed by atoms with Crippen molar-refractivity contribution in [3.8, 4) is 0 Å². The summed E-state index contributed by atoms with van der Waals surface area (Å²) in [6, 6.07) is -0.789. The molecule has 0 saturated carbocycles. The van der Waals surface area contributed by atoms with Crippen LogP contribution in [0, 0.1) is 5.92 Å². The number of carbonyl (C=O) groups is 4. The van der Waals surface area contributed by atoms with Crippen molar-refractivity contribution in [1.29, 1.82) is 0 Å². The summed E-state index contributed by atoms with van der Waals surface area (Å²) >= 11 is 1.11. The first-order valence-electron chi connectivity index (χ1n) is 9.09. The minimum atomic E-state index is -0.789. The van der Waals surface area contributed by atoms with Gasteiger partial charge in [-0.25, -0.2) is 9.80 Å². The Balaban J connectivity index is 2.27. The third kappa shape index (κ3) is 5.22. The number of hydrazine groups is 1. The van der Waals surface area contributed by atoms with Gasteiger partial charge in [0.05, 0.1) is 0 Å². The van der Waals surface area contributed by atoms with Crippen LogP contribution in [-0.2, 0) is 23.9 Å². The molecule has 26 heavy (non-hydrogen) atoms. The highest BCUT2D eigenvalue weighted by Crippen LogP contribution is 2.29. The highest BCUT2D eigenvalue weighted by atomic mass is 32.2. The lowest BCUT2D eigenvalue weighted by Crippen LogP contribution is -2.62. The first-order valence-corrected chi connectivity index (χ1v) is 10.1. The van der Waals surface area contributed by atoms with Gasteiger partial charge in [0.1, 0.15) is 5.60 Å². The van der Waals surface area contributed by atoms with E-state index in [2.05, 4.69) is 0 Å². The van der Waals surface area contributed by atoms with E-state index in [1.54, 1.807) is 20.8 Å². The molecule has 0 radical (unpaired) electrons. The molecule has 8 heteroatoms. The van der Waals surface area contributed by atoms with Gasteiger partial charge in [0.2, 0.25) is 11.8 Å². The van der Waals surface area contributed by atoms with Crippen LogP contribution in [0.1, 0.15) is 59.8 Å². The molecule has 146 valence electrons. The summed E-state index contributed by atoms with van der Waals surface area (Å²) in [5.74, 6) is -0.899. The number of carbonyl (C=O) groups excluding carboxylic acids is 4. The zero-order valence-corrected chi connectivity index (χ0v) is 16.8. The fourth-order valence-electron chi connectivity index (χ4n) is 3.25. The van der Waals surface area contributed by atoms with Crippen LogP contribution in [-0.4, -0.2) is 56.9 Å². The van der Waals surface area contributed by atoms with Gasteiger partial charge in [-0.2, -0.15) is 0 Å². The van der Waals surface area contributed by atoms with Crippen LogP contribution in [0.2, 0.25) is 0 Å². The monoisotopic (exact) mass is 384 g/mol. The van der Waals surface area contributed by atoms with Crippen molar-refractivity contribution in [3.05, 3.63) is 0 Å². The molecule has 2 amide bonds. The number of esters is 1. The topological polar surface area (TPSA) is 84.0 Å². The maximum Gasteiger partial charge on any atom is 0.331 e. The summed E-state index contributed by atoms with van der Waals surface area (Å²) in [4.78, 5) is 49.7. The first-order chi connectivity index (χ1) is 12.1. The second-order valence-corrected chi connectivity index (χ2v) is 8.98. The van der Waals surface area contributed by atoms with Crippen molar-refractivity contribution >= 4 is 34.7 Å². The third-order valence-electron chi connectivity index (χ3n) is 4.38. The average molecular weight is 384 g/mol. The van der Waals surface area contributed by atoms with Gasteiger partial charge in [-0.15, -0.1) is 0 Å². The van der Waals surface area contributed by atoms with E-state index in [0.717, 1.165) is 11.8 Å². The molecular weight excluding hydrogens is 356 g/mol. The Hall–Kier alpha value is -1.57. The van der Waals surface area contributed by atoms with Gasteiger partial charge in [-0.05, 0) is 46.5 Å². The van der Waals surface area contributed by atoms with E-state index < -0.39 is 17.6 Å². The first kappa shape index (κ1) is 20.7. The fourth-order valence-corrected chi connectivity index (χ4v) is 3.99. The van der Waals surface area contributed by atoms with Crippen molar-refractivity contribution in [3.63, 3.8) is 0 Å². The van der Waals surface area contributed by atoms with Crippen molar-refractivity contribution < 1.29 is 23.9 Å². The molecule has 2 fully saturated rings. The fraction of sp³-hybridized carbons (Fsp3) is 0.778. The molecule has 0 aromatic carbocycles. The van der Waals surface area contributed by atoms with Crippen molar-refractivity contribution in [2.45, 2.75) is 71.4 Å². The standard InChI is InChI=1S/C18H28N2O5S/c1-12(21)26-11-13-7-5-9-15(22)19-10-6-8-14(20(19)16(13)23)17(24)25-18(2,3)4/h13-14H,5-11H2,1-4H3. The quantitative estimate of drug-likeness (QED) is 0.693. The van der Waals surface area contributed by atoms with E-state index in [-0.39, 0.29) is 22.8 Å². The Kier molecular flexibility index (Phi) is 6.71. The zero-order chi connectivity index (χ0) is 19.5. The Labute approximate surface area is 158 Å². The Morgan fingerprint density at radius 3 is 2.50 bits per heavy atom. The van der Waals surface area contributed by atoms with Crippen LogP contribution in [0.4, 0.5) is 0 Å². The number of hydrogen-bond donors (Lipinski definition) is 0. The number of fused-ring (bicyclic) bond motifs is 1. The number of ether oxygens (including phenoxy) is 1. The number of nitrogens with zero attached hydrogens (tertiary/aromatic N) is 2. The van der Waals surface area contributed by atoms with E-state index in [4.69, 9.17) is 4.74 Å². The summed E-state index contributed by atoms with van der Waals surface area (Å²) in [5.41, 5.74) is -0.668. The smallest absolute Gasteiger partial charge is 0.331 e. The SMILES string of the molecule is CC(=O)SCC1CCCC(=O)N2CCCC(C(=O)OC(C)(C)C)N2C1=O. The molecule has 2 unspecified atom stereocenters. The molecule has 2 heterocycles. The zero-order valence-electron chi connectivity index (χ0n) is 15.9. The molecule has 0 aliphatic carbocycles. The lowest BCUT2D eigenvalue weighted by molar-refractivity contribution is -0.192. The van der Waals surface area contributed by atoms with E-state index >= 15 is 0 Å². The number of hydrogen-bond acceptors (Lipinski definition) is 6. The van der Waals surface area contributed by atoms with Gasteiger partial charge < -0.3 is 4.74 Å². The van der Waals surface area contributed by atoms with Crippen molar-refractivity contribution in [1.82, 2.24) is 10.0 Å². The summed E-state index contributed by atoms with van der Waals surface area (Å²) in [6.07, 6.45) is 2.60. The van der Waals surface area contributed by atoms with Gasteiger partial charge >= 0.3 is 5.97 Å². The third-order valence-corrected chi connectivity index (χ3v) is 5.35. The minimum absolute atomic E-state index is 0.0462. The molecule has 0 spiro atoms. The molecule has 0 aromatic rings. The van der Waals surface area contributed by atoms with Gasteiger partial charge in [0, 0.05) is 31.6 Å². The second kappa shape index (κ2) is 8.41. The molecule has 2 saturated heterocycles. The van der Waals surface area contributed by atoms with Crippen LogP contribution in [0.25, 0.3) is 0 Å². The Morgan fingerprint density at radius 2 is 1.88 bits per heavy atom. The predicted octanol–water partition coefficient (Wildman–Crippen LogP) is 2.14. The van der Waals surface area contributed by atoms with Crippen LogP contribution in [0.15, 0.2) is 0 Å². The second-order valence-electron chi connectivity index (χ2n) is 7.78. The molecule has 2 atom stereocenters. The molecule has 2 aliphatic heterocycles. The summed E-state index contributed by atoms with van der Waals surface area (Å²) < 4.78 is 5.49. The highest BCUT2D eigenvalue weighted by Gasteiger charge is 2.44. The van der Waals surface area contributed by atoms with Gasteiger partial charge in [-0.1, -0.05) is 11.8 Å². The maximum absolute atomic E-state index is 13.2. The van der Waals surface area contributed by atoms with E-state index in [1.807, 2.05) is 0 Å². The summed E-state index contributed by atoms with van der Waals surface area (Å²) in [7, 11) is 0. The number of amides is 2. The maximum atomic E-state index is 13.2. The largest absolute Gasteiger partial charge is 0.458 e. The van der Waals surface area contributed by atoms with Crippen LogP contribution in [0.3, 0.4) is 0 Å².